The number of nitrogens with zero attached hydrogens (tertiary/aromatic N) is 2. The third-order valence-electron chi connectivity index (χ3n) is 3.20. The summed E-state index contributed by atoms with van der Waals surface area (Å²) < 4.78 is 1.00. The second kappa shape index (κ2) is 6.88. The lowest BCUT2D eigenvalue weighted by Gasteiger charge is -2.34. The van der Waals surface area contributed by atoms with E-state index >= 15 is 0 Å². The number of carbonyl (C=O) groups is 1. The predicted molar refractivity (Wildman–Crippen MR) is 80.2 cm³/mol. The zero-order chi connectivity index (χ0) is 13.7. The molecule has 5 nitrogen and oxygen atoms in total. The summed E-state index contributed by atoms with van der Waals surface area (Å²) >= 11 is 3.37. The van der Waals surface area contributed by atoms with E-state index < -0.39 is 0 Å². The standard InChI is InChI=1S/C13H19BrN4O/c14-11-1-3-12(4-2-11)16-13(19)18-9-7-17(6-5-15)8-10-18/h1-4H,5-10,15H2,(H,16,19). The maximum Gasteiger partial charge on any atom is 0.321 e. The van der Waals surface area contributed by atoms with Crippen LogP contribution in [-0.2, 0) is 0 Å². The molecule has 0 spiro atoms. The number of urea groups is 1. The van der Waals surface area contributed by atoms with Crippen molar-refractivity contribution in [3.05, 3.63) is 28.7 Å². The van der Waals surface area contributed by atoms with Crippen molar-refractivity contribution in [3.63, 3.8) is 0 Å². The van der Waals surface area contributed by atoms with Gasteiger partial charge in [-0.3, -0.25) is 4.90 Å². The Kier molecular flexibility index (Phi) is 5.18. The molecule has 1 aliphatic rings. The molecule has 0 saturated carbocycles. The number of carbonyl (C=O) groups excluding carboxylic acids is 1. The number of rotatable bonds is 3. The first-order chi connectivity index (χ1) is 9.19. The minimum Gasteiger partial charge on any atom is -0.329 e. The molecule has 2 rings (SSSR count). The molecule has 1 aromatic rings. The largest absolute Gasteiger partial charge is 0.329 e. The summed E-state index contributed by atoms with van der Waals surface area (Å²) in [5.74, 6) is 0. The first kappa shape index (κ1) is 14.3. The monoisotopic (exact) mass is 326 g/mol. The number of nitrogens with one attached hydrogen (secondary N) is 1. The van der Waals surface area contributed by atoms with Crippen LogP contribution >= 0.6 is 15.9 Å². The van der Waals surface area contributed by atoms with E-state index in [4.69, 9.17) is 5.73 Å². The molecule has 1 saturated heterocycles. The average molecular weight is 327 g/mol. The van der Waals surface area contributed by atoms with Crippen LogP contribution in [0.1, 0.15) is 0 Å². The number of piperazine rings is 1. The molecule has 104 valence electrons. The molecule has 0 unspecified atom stereocenters. The number of halogens is 1. The Morgan fingerprint density at radius 3 is 2.42 bits per heavy atom. The van der Waals surface area contributed by atoms with E-state index in [1.807, 2.05) is 29.2 Å². The van der Waals surface area contributed by atoms with Gasteiger partial charge in [-0.05, 0) is 24.3 Å². The van der Waals surface area contributed by atoms with E-state index in [1.54, 1.807) is 0 Å². The maximum atomic E-state index is 12.1. The van der Waals surface area contributed by atoms with Crippen LogP contribution in [-0.4, -0.2) is 55.1 Å². The fourth-order valence-corrected chi connectivity index (χ4v) is 2.36. The minimum atomic E-state index is -0.0327. The Balaban J connectivity index is 1.83. The molecule has 0 bridgehead atoms. The molecule has 1 aromatic carbocycles. The highest BCUT2D eigenvalue weighted by Crippen LogP contribution is 2.15. The second-order valence-electron chi connectivity index (χ2n) is 4.55. The van der Waals surface area contributed by atoms with Gasteiger partial charge < -0.3 is 16.0 Å². The number of anilines is 1. The number of amides is 2. The van der Waals surface area contributed by atoms with Gasteiger partial charge in [0.05, 0.1) is 0 Å². The Bertz CT molecular complexity index is 415. The molecule has 3 N–H and O–H groups in total. The summed E-state index contributed by atoms with van der Waals surface area (Å²) in [7, 11) is 0. The van der Waals surface area contributed by atoms with Gasteiger partial charge in [-0.15, -0.1) is 0 Å². The van der Waals surface area contributed by atoms with E-state index in [0.29, 0.717) is 6.54 Å². The number of benzene rings is 1. The Morgan fingerprint density at radius 2 is 1.84 bits per heavy atom. The smallest absolute Gasteiger partial charge is 0.321 e. The number of hydrogen-bond donors (Lipinski definition) is 2. The Hall–Kier alpha value is -1.11. The highest BCUT2D eigenvalue weighted by molar-refractivity contribution is 9.10. The highest BCUT2D eigenvalue weighted by atomic mass is 79.9. The quantitative estimate of drug-likeness (QED) is 0.886. The van der Waals surface area contributed by atoms with Gasteiger partial charge in [-0.2, -0.15) is 0 Å². The van der Waals surface area contributed by atoms with Gasteiger partial charge in [-0.1, -0.05) is 15.9 Å². The normalized spacial score (nSPS) is 16.4. The van der Waals surface area contributed by atoms with Gasteiger partial charge in [0.2, 0.25) is 0 Å². The van der Waals surface area contributed by atoms with Crippen molar-refractivity contribution in [2.75, 3.05) is 44.6 Å². The van der Waals surface area contributed by atoms with Crippen LogP contribution < -0.4 is 11.1 Å². The number of nitrogens with two attached hydrogens (primary N) is 1. The molecule has 0 aromatic heterocycles. The Labute approximate surface area is 121 Å². The molecule has 0 aliphatic carbocycles. The van der Waals surface area contributed by atoms with Crippen molar-refractivity contribution >= 4 is 27.6 Å². The van der Waals surface area contributed by atoms with Crippen molar-refractivity contribution in [2.24, 2.45) is 5.73 Å². The van der Waals surface area contributed by atoms with Gasteiger partial charge in [0.1, 0.15) is 0 Å². The van der Waals surface area contributed by atoms with Gasteiger partial charge in [0.25, 0.3) is 0 Å². The molecule has 19 heavy (non-hydrogen) atoms. The van der Waals surface area contributed by atoms with Crippen LogP contribution in [0.2, 0.25) is 0 Å². The third-order valence-corrected chi connectivity index (χ3v) is 3.73. The third kappa shape index (κ3) is 4.19. The fraction of sp³-hybridized carbons (Fsp3) is 0.462. The summed E-state index contributed by atoms with van der Waals surface area (Å²) in [5, 5.41) is 2.91. The second-order valence-corrected chi connectivity index (χ2v) is 5.47. The first-order valence-electron chi connectivity index (χ1n) is 6.43. The minimum absolute atomic E-state index is 0.0327. The van der Waals surface area contributed by atoms with E-state index in [0.717, 1.165) is 42.9 Å². The summed E-state index contributed by atoms with van der Waals surface area (Å²) in [4.78, 5) is 16.2. The molecular formula is C13H19BrN4O. The van der Waals surface area contributed by atoms with Crippen LogP contribution in [0.15, 0.2) is 28.7 Å². The van der Waals surface area contributed by atoms with Crippen molar-refractivity contribution in [1.82, 2.24) is 9.80 Å². The van der Waals surface area contributed by atoms with Crippen LogP contribution in [0, 0.1) is 0 Å². The maximum absolute atomic E-state index is 12.1. The van der Waals surface area contributed by atoms with Crippen molar-refractivity contribution < 1.29 is 4.79 Å². The van der Waals surface area contributed by atoms with Crippen molar-refractivity contribution in [3.8, 4) is 0 Å². The van der Waals surface area contributed by atoms with Gasteiger partial charge in [0.15, 0.2) is 0 Å². The van der Waals surface area contributed by atoms with Crippen LogP contribution in [0.4, 0.5) is 10.5 Å². The zero-order valence-corrected chi connectivity index (χ0v) is 12.4. The Morgan fingerprint density at radius 1 is 1.21 bits per heavy atom. The summed E-state index contributed by atoms with van der Waals surface area (Å²) in [6, 6.07) is 7.55. The summed E-state index contributed by atoms with van der Waals surface area (Å²) in [6.07, 6.45) is 0. The SMILES string of the molecule is NCCN1CCN(C(=O)Nc2ccc(Br)cc2)CC1. The molecule has 0 radical (unpaired) electrons. The first-order valence-corrected chi connectivity index (χ1v) is 7.22. The van der Waals surface area contributed by atoms with Gasteiger partial charge in [0, 0.05) is 49.4 Å². The predicted octanol–water partition coefficient (Wildman–Crippen LogP) is 1.56. The average Bonchev–Trinajstić information content (AvgIpc) is 2.42. The molecule has 1 fully saturated rings. The summed E-state index contributed by atoms with van der Waals surface area (Å²) in [5.41, 5.74) is 6.35. The molecule has 0 atom stereocenters. The van der Waals surface area contributed by atoms with Crippen LogP contribution in [0.25, 0.3) is 0 Å². The molecular weight excluding hydrogens is 308 g/mol. The van der Waals surface area contributed by atoms with Crippen LogP contribution in [0.3, 0.4) is 0 Å². The molecule has 1 heterocycles. The highest BCUT2D eigenvalue weighted by Gasteiger charge is 2.20. The van der Waals surface area contributed by atoms with Crippen molar-refractivity contribution in [1.29, 1.82) is 0 Å². The van der Waals surface area contributed by atoms with Crippen molar-refractivity contribution in [2.45, 2.75) is 0 Å². The fourth-order valence-electron chi connectivity index (χ4n) is 2.09. The van der Waals surface area contributed by atoms with Gasteiger partial charge in [-0.25, -0.2) is 4.79 Å². The zero-order valence-electron chi connectivity index (χ0n) is 10.8. The lowest BCUT2D eigenvalue weighted by atomic mass is 10.3. The van der Waals surface area contributed by atoms with Gasteiger partial charge >= 0.3 is 6.03 Å². The van der Waals surface area contributed by atoms with E-state index in [9.17, 15) is 4.79 Å². The molecule has 6 heteroatoms. The lowest BCUT2D eigenvalue weighted by molar-refractivity contribution is 0.149. The van der Waals surface area contributed by atoms with E-state index in [1.165, 1.54) is 0 Å². The lowest BCUT2D eigenvalue weighted by Crippen LogP contribution is -2.50. The summed E-state index contributed by atoms with van der Waals surface area (Å²) in [6.45, 7) is 4.87. The topological polar surface area (TPSA) is 61.6 Å². The van der Waals surface area contributed by atoms with E-state index in [2.05, 4.69) is 26.1 Å². The van der Waals surface area contributed by atoms with E-state index in [-0.39, 0.29) is 6.03 Å². The number of hydrogen-bond acceptors (Lipinski definition) is 3. The molecule has 2 amide bonds. The molecule has 1 aliphatic heterocycles. The van der Waals surface area contributed by atoms with Crippen LogP contribution in [0.5, 0.6) is 0 Å².